The van der Waals surface area contributed by atoms with Gasteiger partial charge in [-0.3, -0.25) is 9.59 Å². The minimum absolute atomic E-state index is 0.257. The molecule has 2 aromatic rings. The molecule has 8 nitrogen and oxygen atoms in total. The van der Waals surface area contributed by atoms with Crippen molar-refractivity contribution >= 4 is 34.5 Å². The summed E-state index contributed by atoms with van der Waals surface area (Å²) in [5.74, 6) is 0.503. The van der Waals surface area contributed by atoms with Gasteiger partial charge in [0.05, 0.1) is 22.9 Å². The third kappa shape index (κ3) is 4.05. The Morgan fingerprint density at radius 1 is 1.07 bits per heavy atom. The molecule has 27 heavy (non-hydrogen) atoms. The van der Waals surface area contributed by atoms with Crippen LogP contribution in [0.5, 0.6) is 11.5 Å². The number of fused-ring (bicyclic) bond motifs is 1. The highest BCUT2D eigenvalue weighted by molar-refractivity contribution is 7.12. The van der Waals surface area contributed by atoms with E-state index < -0.39 is 6.10 Å². The molecule has 1 atom stereocenters. The molecule has 1 aromatic carbocycles. The first kappa shape index (κ1) is 17.8. The average Bonchev–Trinajstić information content (AvgIpc) is 3.24. The van der Waals surface area contributed by atoms with E-state index in [2.05, 4.69) is 16.0 Å². The van der Waals surface area contributed by atoms with Crippen molar-refractivity contribution in [2.45, 2.75) is 6.10 Å². The zero-order chi connectivity index (χ0) is 18.6. The van der Waals surface area contributed by atoms with Crippen LogP contribution in [0, 0.1) is 0 Å². The van der Waals surface area contributed by atoms with E-state index in [-0.39, 0.29) is 11.8 Å². The van der Waals surface area contributed by atoms with Crippen molar-refractivity contribution < 1.29 is 23.8 Å². The summed E-state index contributed by atoms with van der Waals surface area (Å²) in [6.45, 7) is 2.49. The number of benzene rings is 1. The molecule has 0 radical (unpaired) electrons. The number of ether oxygens (including phenoxy) is 3. The normalized spacial score (nSPS) is 18.6. The van der Waals surface area contributed by atoms with Gasteiger partial charge in [0.1, 0.15) is 19.3 Å². The van der Waals surface area contributed by atoms with Crippen LogP contribution in [0.1, 0.15) is 9.67 Å². The Morgan fingerprint density at radius 2 is 1.81 bits per heavy atom. The minimum Gasteiger partial charge on any atom is -0.486 e. The van der Waals surface area contributed by atoms with Gasteiger partial charge in [-0.25, -0.2) is 0 Å². The second-order valence-electron chi connectivity index (χ2n) is 6.03. The van der Waals surface area contributed by atoms with Crippen molar-refractivity contribution in [2.24, 2.45) is 0 Å². The maximum Gasteiger partial charge on any atom is 0.265 e. The van der Waals surface area contributed by atoms with Gasteiger partial charge in [0.15, 0.2) is 11.5 Å². The Bertz CT molecular complexity index is 834. The van der Waals surface area contributed by atoms with Crippen molar-refractivity contribution in [1.82, 2.24) is 5.32 Å². The summed E-state index contributed by atoms with van der Waals surface area (Å²) in [5.41, 5.74) is 0.873. The van der Waals surface area contributed by atoms with Gasteiger partial charge in [0.2, 0.25) is 0 Å². The number of rotatable bonds is 4. The quantitative estimate of drug-likeness (QED) is 0.736. The molecule has 0 aliphatic carbocycles. The van der Waals surface area contributed by atoms with Gasteiger partial charge in [0.25, 0.3) is 11.8 Å². The number of carbonyl (C=O) groups is 2. The molecule has 0 bridgehead atoms. The Balaban J connectivity index is 1.59. The second kappa shape index (κ2) is 7.95. The Hall–Kier alpha value is -2.62. The first-order chi connectivity index (χ1) is 13.2. The van der Waals surface area contributed by atoms with E-state index in [0.29, 0.717) is 54.1 Å². The maximum absolute atomic E-state index is 12.5. The van der Waals surface area contributed by atoms with Crippen molar-refractivity contribution in [2.75, 3.05) is 43.5 Å². The fourth-order valence-electron chi connectivity index (χ4n) is 2.83. The predicted octanol–water partition coefficient (Wildman–Crippen LogP) is 1.70. The van der Waals surface area contributed by atoms with E-state index in [0.717, 1.165) is 6.54 Å². The number of carbonyl (C=O) groups excluding carboxylic acids is 2. The van der Waals surface area contributed by atoms with Crippen LogP contribution in [0.3, 0.4) is 0 Å². The minimum atomic E-state index is -0.590. The van der Waals surface area contributed by atoms with Crippen molar-refractivity contribution in [3.63, 3.8) is 0 Å². The van der Waals surface area contributed by atoms with E-state index in [9.17, 15) is 9.59 Å². The molecule has 1 saturated heterocycles. The number of hydrogen-bond donors (Lipinski definition) is 3. The lowest BCUT2D eigenvalue weighted by atomic mass is 10.2. The molecule has 2 amide bonds. The molecule has 2 aliphatic heterocycles. The zero-order valence-corrected chi connectivity index (χ0v) is 15.3. The predicted molar refractivity (Wildman–Crippen MR) is 101 cm³/mol. The molecule has 1 unspecified atom stereocenters. The smallest absolute Gasteiger partial charge is 0.265 e. The number of amides is 2. The molecule has 9 heteroatoms. The molecule has 142 valence electrons. The first-order valence-electron chi connectivity index (χ1n) is 8.62. The Kier molecular flexibility index (Phi) is 5.23. The molecular formula is C18H19N3O5S. The lowest BCUT2D eigenvalue weighted by Gasteiger charge is -2.25. The number of thiophene rings is 1. The van der Waals surface area contributed by atoms with Crippen LogP contribution in [-0.2, 0) is 9.53 Å². The van der Waals surface area contributed by atoms with E-state index in [4.69, 9.17) is 14.2 Å². The average molecular weight is 389 g/mol. The van der Waals surface area contributed by atoms with Gasteiger partial charge in [0, 0.05) is 25.2 Å². The lowest BCUT2D eigenvalue weighted by molar-refractivity contribution is -0.128. The van der Waals surface area contributed by atoms with E-state index in [1.807, 2.05) is 5.38 Å². The monoisotopic (exact) mass is 389 g/mol. The van der Waals surface area contributed by atoms with Crippen LogP contribution in [0.2, 0.25) is 0 Å². The summed E-state index contributed by atoms with van der Waals surface area (Å²) in [6, 6.07) is 6.86. The topological polar surface area (TPSA) is 97.9 Å². The largest absolute Gasteiger partial charge is 0.486 e. The van der Waals surface area contributed by atoms with Crippen molar-refractivity contribution in [3.05, 3.63) is 34.5 Å². The highest BCUT2D eigenvalue weighted by Crippen LogP contribution is 2.38. The molecule has 3 heterocycles. The molecular weight excluding hydrogens is 370 g/mol. The SMILES string of the molecule is O=C(Nc1cc2c(cc1NC(=O)C1CNCCO1)OCCO2)c1cccs1. The summed E-state index contributed by atoms with van der Waals surface area (Å²) in [6.07, 6.45) is -0.590. The highest BCUT2D eigenvalue weighted by Gasteiger charge is 2.24. The zero-order valence-electron chi connectivity index (χ0n) is 14.4. The molecule has 1 fully saturated rings. The van der Waals surface area contributed by atoms with Crippen LogP contribution in [0.25, 0.3) is 0 Å². The fraction of sp³-hybridized carbons (Fsp3) is 0.333. The van der Waals surface area contributed by atoms with Crippen LogP contribution in [0.4, 0.5) is 11.4 Å². The molecule has 0 saturated carbocycles. The summed E-state index contributed by atoms with van der Waals surface area (Å²) < 4.78 is 16.7. The Labute approximate surface area is 159 Å². The first-order valence-corrected chi connectivity index (χ1v) is 9.50. The number of anilines is 2. The number of nitrogens with one attached hydrogen (secondary N) is 3. The molecule has 4 rings (SSSR count). The number of morpholine rings is 1. The summed E-state index contributed by atoms with van der Waals surface area (Å²) in [7, 11) is 0. The van der Waals surface area contributed by atoms with E-state index in [1.54, 1.807) is 24.3 Å². The van der Waals surface area contributed by atoms with Crippen LogP contribution >= 0.6 is 11.3 Å². The van der Waals surface area contributed by atoms with Gasteiger partial charge in [-0.15, -0.1) is 11.3 Å². The van der Waals surface area contributed by atoms with Gasteiger partial charge in [-0.2, -0.15) is 0 Å². The van der Waals surface area contributed by atoms with Crippen molar-refractivity contribution in [3.8, 4) is 11.5 Å². The molecule has 0 spiro atoms. The summed E-state index contributed by atoms with van der Waals surface area (Å²) in [4.78, 5) is 25.6. The van der Waals surface area contributed by atoms with E-state index in [1.165, 1.54) is 11.3 Å². The fourth-order valence-corrected chi connectivity index (χ4v) is 3.45. The van der Waals surface area contributed by atoms with Gasteiger partial charge >= 0.3 is 0 Å². The maximum atomic E-state index is 12.5. The van der Waals surface area contributed by atoms with Gasteiger partial charge in [-0.05, 0) is 11.4 Å². The van der Waals surface area contributed by atoms with Crippen molar-refractivity contribution in [1.29, 1.82) is 0 Å². The lowest BCUT2D eigenvalue weighted by Crippen LogP contribution is -2.45. The van der Waals surface area contributed by atoms with Crippen LogP contribution in [0.15, 0.2) is 29.6 Å². The van der Waals surface area contributed by atoms with Gasteiger partial charge in [-0.1, -0.05) is 6.07 Å². The number of hydrogen-bond acceptors (Lipinski definition) is 7. The summed E-state index contributed by atoms with van der Waals surface area (Å²) >= 11 is 1.34. The molecule has 1 aromatic heterocycles. The Morgan fingerprint density at radius 3 is 2.44 bits per heavy atom. The summed E-state index contributed by atoms with van der Waals surface area (Å²) in [5, 5.41) is 10.6. The van der Waals surface area contributed by atoms with Crippen LogP contribution < -0.4 is 25.4 Å². The highest BCUT2D eigenvalue weighted by atomic mass is 32.1. The molecule has 2 aliphatic rings. The van der Waals surface area contributed by atoms with Gasteiger partial charge < -0.3 is 30.2 Å². The standard InChI is InChI=1S/C18H19N3O5S/c22-17(15-10-19-3-4-24-15)20-11-8-13-14(26-6-5-25-13)9-12(11)21-18(23)16-2-1-7-27-16/h1-2,7-9,15,19H,3-6,10H2,(H,20,22)(H,21,23). The molecule has 3 N–H and O–H groups in total. The third-order valence-electron chi connectivity index (χ3n) is 4.15. The second-order valence-corrected chi connectivity index (χ2v) is 6.97. The third-order valence-corrected chi connectivity index (χ3v) is 5.02. The van der Waals surface area contributed by atoms with Crippen LogP contribution in [-0.4, -0.2) is 50.8 Å². The van der Waals surface area contributed by atoms with E-state index >= 15 is 0 Å².